The van der Waals surface area contributed by atoms with Gasteiger partial charge in [-0.1, -0.05) is 11.6 Å². The zero-order valence-corrected chi connectivity index (χ0v) is 11.2. The van der Waals surface area contributed by atoms with Gasteiger partial charge in [0.25, 0.3) is 0 Å². The predicted octanol–water partition coefficient (Wildman–Crippen LogP) is 1.05. The van der Waals surface area contributed by atoms with E-state index >= 15 is 0 Å². The van der Waals surface area contributed by atoms with Gasteiger partial charge in [0.15, 0.2) is 0 Å². The Morgan fingerprint density at radius 3 is 3.00 bits per heavy atom. The predicted molar refractivity (Wildman–Crippen MR) is 67.4 cm³/mol. The molecular weight excluding hydrogens is 293 g/mol. The van der Waals surface area contributed by atoms with E-state index in [1.165, 1.54) is 0 Å². The first-order chi connectivity index (χ1) is 7.59. The zero-order valence-electron chi connectivity index (χ0n) is 8.87. The zero-order chi connectivity index (χ0) is 11.7. The van der Waals surface area contributed by atoms with E-state index in [4.69, 9.17) is 17.3 Å². The molecule has 1 aromatic heterocycles. The summed E-state index contributed by atoms with van der Waals surface area (Å²) in [6, 6.07) is 0.172. The molecule has 0 spiro atoms. The molecule has 1 atom stereocenters. The van der Waals surface area contributed by atoms with Crippen molar-refractivity contribution >= 4 is 33.5 Å². The minimum Gasteiger partial charge on any atom is -0.368 e. The average Bonchev–Trinajstić information content (AvgIpc) is 2.24. The van der Waals surface area contributed by atoms with Crippen molar-refractivity contribution in [3.8, 4) is 0 Å². The third-order valence-electron chi connectivity index (χ3n) is 2.68. The van der Waals surface area contributed by atoms with E-state index in [-0.39, 0.29) is 12.0 Å². The minimum atomic E-state index is 0.172. The summed E-state index contributed by atoms with van der Waals surface area (Å²) in [5.74, 6) is 0.210. The number of anilines is 1. The van der Waals surface area contributed by atoms with Crippen LogP contribution in [0.3, 0.4) is 0 Å². The molecule has 0 aliphatic carbocycles. The van der Waals surface area contributed by atoms with Crippen LogP contribution >= 0.6 is 27.5 Å². The third-order valence-corrected chi connectivity index (χ3v) is 3.96. The van der Waals surface area contributed by atoms with Crippen LogP contribution in [0, 0.1) is 0 Å². The molecule has 1 fully saturated rings. The summed E-state index contributed by atoms with van der Waals surface area (Å²) in [7, 11) is 2.06. The van der Waals surface area contributed by atoms with Gasteiger partial charge in [0.2, 0.25) is 5.95 Å². The highest BCUT2D eigenvalue weighted by molar-refractivity contribution is 9.10. The van der Waals surface area contributed by atoms with E-state index in [1.807, 2.05) is 0 Å². The number of piperazine rings is 1. The number of aromatic nitrogens is 2. The molecule has 88 valence electrons. The van der Waals surface area contributed by atoms with Crippen LogP contribution in [0.5, 0.6) is 0 Å². The fraction of sp³-hybridized carbons (Fsp3) is 0.556. The van der Waals surface area contributed by atoms with Crippen molar-refractivity contribution < 1.29 is 0 Å². The molecule has 16 heavy (non-hydrogen) atoms. The maximum atomic E-state index is 5.97. The van der Waals surface area contributed by atoms with Crippen LogP contribution < -0.4 is 11.1 Å². The van der Waals surface area contributed by atoms with Crippen LogP contribution in [0.1, 0.15) is 11.7 Å². The maximum Gasteiger partial charge on any atom is 0.221 e. The lowest BCUT2D eigenvalue weighted by Crippen LogP contribution is -2.44. The van der Waals surface area contributed by atoms with E-state index in [0.29, 0.717) is 5.15 Å². The van der Waals surface area contributed by atoms with Crippen LogP contribution in [0.15, 0.2) is 4.47 Å². The Morgan fingerprint density at radius 2 is 2.31 bits per heavy atom. The largest absolute Gasteiger partial charge is 0.368 e. The van der Waals surface area contributed by atoms with Crippen molar-refractivity contribution in [2.45, 2.75) is 6.04 Å². The highest BCUT2D eigenvalue weighted by Gasteiger charge is 2.25. The number of rotatable bonds is 1. The molecule has 1 saturated heterocycles. The molecular formula is C9H13BrClN5. The van der Waals surface area contributed by atoms with Crippen molar-refractivity contribution in [2.24, 2.45) is 0 Å². The molecule has 3 N–H and O–H groups in total. The number of hydrogen-bond donors (Lipinski definition) is 2. The maximum absolute atomic E-state index is 5.97. The molecule has 5 nitrogen and oxygen atoms in total. The van der Waals surface area contributed by atoms with E-state index in [0.717, 1.165) is 29.8 Å². The smallest absolute Gasteiger partial charge is 0.221 e. The fourth-order valence-electron chi connectivity index (χ4n) is 1.78. The van der Waals surface area contributed by atoms with E-state index in [1.54, 1.807) is 0 Å². The molecule has 1 aliphatic heterocycles. The lowest BCUT2D eigenvalue weighted by atomic mass is 10.1. The Kier molecular flexibility index (Phi) is 3.63. The highest BCUT2D eigenvalue weighted by atomic mass is 79.9. The number of nitrogens with zero attached hydrogens (tertiary/aromatic N) is 3. The van der Waals surface area contributed by atoms with Gasteiger partial charge >= 0.3 is 0 Å². The topological polar surface area (TPSA) is 67.1 Å². The molecule has 2 rings (SSSR count). The van der Waals surface area contributed by atoms with Gasteiger partial charge in [-0.25, -0.2) is 9.97 Å². The van der Waals surface area contributed by atoms with Crippen LogP contribution in [0.25, 0.3) is 0 Å². The minimum absolute atomic E-state index is 0.172. The van der Waals surface area contributed by atoms with Gasteiger partial charge < -0.3 is 11.1 Å². The number of nitrogens with one attached hydrogen (secondary N) is 1. The second-order valence-electron chi connectivity index (χ2n) is 3.77. The van der Waals surface area contributed by atoms with Crippen LogP contribution in [-0.4, -0.2) is 41.5 Å². The molecule has 2 heterocycles. The number of likely N-dealkylation sites (N-methyl/N-ethyl adjacent to an activating group) is 1. The molecule has 0 saturated carbocycles. The number of hydrogen-bond acceptors (Lipinski definition) is 5. The van der Waals surface area contributed by atoms with E-state index in [9.17, 15) is 0 Å². The summed E-state index contributed by atoms with van der Waals surface area (Å²) in [5.41, 5.74) is 6.45. The average molecular weight is 307 g/mol. The SMILES string of the molecule is CN1CCNCC1c1nc(N)nc(Cl)c1Br. The Bertz CT molecular complexity index is 400. The lowest BCUT2D eigenvalue weighted by Gasteiger charge is -2.33. The lowest BCUT2D eigenvalue weighted by molar-refractivity contribution is 0.198. The van der Waals surface area contributed by atoms with E-state index in [2.05, 4.69) is 43.2 Å². The molecule has 1 aliphatic rings. The Balaban J connectivity index is 2.38. The van der Waals surface area contributed by atoms with Crippen molar-refractivity contribution in [2.75, 3.05) is 32.4 Å². The van der Waals surface area contributed by atoms with Gasteiger partial charge in [-0.2, -0.15) is 0 Å². The van der Waals surface area contributed by atoms with Crippen LogP contribution in [-0.2, 0) is 0 Å². The quantitative estimate of drug-likeness (QED) is 0.759. The van der Waals surface area contributed by atoms with Gasteiger partial charge in [-0.15, -0.1) is 0 Å². The number of halogens is 2. The van der Waals surface area contributed by atoms with Crippen molar-refractivity contribution in [1.29, 1.82) is 0 Å². The second-order valence-corrected chi connectivity index (χ2v) is 4.92. The van der Waals surface area contributed by atoms with Crippen molar-refractivity contribution in [3.63, 3.8) is 0 Å². The molecule has 1 aromatic rings. The molecule has 0 radical (unpaired) electrons. The Morgan fingerprint density at radius 1 is 1.56 bits per heavy atom. The summed E-state index contributed by atoms with van der Waals surface area (Å²) in [6.45, 7) is 2.79. The summed E-state index contributed by atoms with van der Waals surface area (Å²) in [5, 5.41) is 3.69. The van der Waals surface area contributed by atoms with Crippen LogP contribution in [0.4, 0.5) is 5.95 Å². The summed E-state index contributed by atoms with van der Waals surface area (Å²) < 4.78 is 0.726. The van der Waals surface area contributed by atoms with Crippen LogP contribution in [0.2, 0.25) is 5.15 Å². The van der Waals surface area contributed by atoms with Gasteiger partial charge in [0, 0.05) is 19.6 Å². The standard InChI is InChI=1S/C9H13BrClN5/c1-16-3-2-13-4-5(16)7-6(10)8(11)15-9(12)14-7/h5,13H,2-4H2,1H3,(H2,12,14,15). The van der Waals surface area contributed by atoms with E-state index < -0.39 is 0 Å². The first kappa shape index (κ1) is 12.0. The molecule has 1 unspecified atom stereocenters. The first-order valence-corrected chi connectivity index (χ1v) is 6.16. The third kappa shape index (κ3) is 2.29. The normalized spacial score (nSPS) is 22.3. The molecule has 0 bridgehead atoms. The number of nitrogen functional groups attached to an aromatic ring is 1. The monoisotopic (exact) mass is 305 g/mol. The second kappa shape index (κ2) is 4.83. The molecule has 7 heteroatoms. The first-order valence-electron chi connectivity index (χ1n) is 4.99. The highest BCUT2D eigenvalue weighted by Crippen LogP contribution is 2.31. The summed E-state index contributed by atoms with van der Waals surface area (Å²) in [6.07, 6.45) is 0. The van der Waals surface area contributed by atoms with Gasteiger partial charge in [0.1, 0.15) is 5.15 Å². The Labute approximate surface area is 108 Å². The summed E-state index contributed by atoms with van der Waals surface area (Å²) in [4.78, 5) is 10.4. The molecule has 0 aromatic carbocycles. The van der Waals surface area contributed by atoms with Crippen molar-refractivity contribution in [3.05, 3.63) is 15.3 Å². The van der Waals surface area contributed by atoms with Gasteiger partial charge in [-0.05, 0) is 23.0 Å². The van der Waals surface area contributed by atoms with Gasteiger partial charge in [-0.3, -0.25) is 4.90 Å². The molecule has 0 amide bonds. The fourth-order valence-corrected chi connectivity index (χ4v) is 2.41. The summed E-state index contributed by atoms with van der Waals surface area (Å²) >= 11 is 9.38. The van der Waals surface area contributed by atoms with Gasteiger partial charge in [0.05, 0.1) is 16.2 Å². The number of nitrogens with two attached hydrogens (primary N) is 1. The van der Waals surface area contributed by atoms with Crippen molar-refractivity contribution in [1.82, 2.24) is 20.2 Å². The Hall–Kier alpha value is -0.430.